The Labute approximate surface area is 116 Å². The van der Waals surface area contributed by atoms with Crippen molar-refractivity contribution in [3.8, 4) is 0 Å². The average Bonchev–Trinajstić information content (AvgIpc) is 2.92. The summed E-state index contributed by atoms with van der Waals surface area (Å²) >= 11 is 0. The normalized spacial score (nSPS) is 12.7. The molecule has 4 heteroatoms. The van der Waals surface area contributed by atoms with E-state index in [1.54, 1.807) is 12.1 Å². The first-order chi connectivity index (χ1) is 9.76. The van der Waals surface area contributed by atoms with Crippen LogP contribution in [-0.2, 0) is 13.1 Å². The Kier molecular flexibility index (Phi) is 3.48. The zero-order valence-corrected chi connectivity index (χ0v) is 11.0. The highest BCUT2D eigenvalue weighted by Gasteiger charge is 2.11. The number of alkyl halides is 1. The Bertz CT molecular complexity index is 670. The Morgan fingerprint density at radius 2 is 1.75 bits per heavy atom. The topological polar surface area (TPSA) is 54.7 Å². The number of H-pyrrole nitrogens is 1. The highest BCUT2D eigenvalue weighted by Crippen LogP contribution is 2.18. The molecule has 102 valence electrons. The molecule has 0 radical (unpaired) electrons. The lowest BCUT2D eigenvalue weighted by molar-refractivity contribution is 0.485. The molecule has 0 unspecified atom stereocenters. The largest absolute Gasteiger partial charge is 0.341 e. The first kappa shape index (κ1) is 12.8. The maximum Gasteiger partial charge on any atom is 0.124 e. The molecular formula is C16H16FN3. The Hall–Kier alpha value is -2.20. The number of nitrogens with two attached hydrogens (primary N) is 1. The summed E-state index contributed by atoms with van der Waals surface area (Å²) in [5.74, 6) is 0.778. The van der Waals surface area contributed by atoms with Crippen LogP contribution >= 0.6 is 0 Å². The van der Waals surface area contributed by atoms with Gasteiger partial charge in [0.1, 0.15) is 12.5 Å². The molecule has 1 aromatic heterocycles. The highest BCUT2D eigenvalue weighted by atomic mass is 19.1. The second kappa shape index (κ2) is 5.43. The molecule has 3 N–H and O–H groups in total. The molecule has 3 nitrogen and oxygen atoms in total. The number of rotatable bonds is 4. The van der Waals surface area contributed by atoms with Crippen molar-refractivity contribution in [3.63, 3.8) is 0 Å². The standard InChI is InChI=1S/C16H16FN3/c17-10-12-7-5-11(6-8-12)9-13(18)16-19-14-3-1-2-4-15(14)20-16/h1-8,13H,9-10,18H2,(H,19,20)/t13-/m1/s1. The van der Waals surface area contributed by atoms with Gasteiger partial charge in [-0.3, -0.25) is 0 Å². The van der Waals surface area contributed by atoms with E-state index in [9.17, 15) is 4.39 Å². The molecular weight excluding hydrogens is 253 g/mol. The number of hydrogen-bond acceptors (Lipinski definition) is 2. The van der Waals surface area contributed by atoms with E-state index >= 15 is 0 Å². The minimum atomic E-state index is -0.435. The van der Waals surface area contributed by atoms with Crippen LogP contribution in [0.5, 0.6) is 0 Å². The van der Waals surface area contributed by atoms with E-state index in [1.807, 2.05) is 36.4 Å². The molecule has 0 aliphatic carbocycles. The third kappa shape index (κ3) is 2.56. The molecule has 1 heterocycles. The molecule has 0 saturated heterocycles. The molecule has 0 spiro atoms. The van der Waals surface area contributed by atoms with Crippen molar-refractivity contribution < 1.29 is 4.39 Å². The number of nitrogens with zero attached hydrogens (tertiary/aromatic N) is 1. The number of hydrogen-bond donors (Lipinski definition) is 2. The van der Waals surface area contributed by atoms with Crippen molar-refractivity contribution in [2.75, 3.05) is 0 Å². The average molecular weight is 269 g/mol. The molecule has 2 aromatic carbocycles. The van der Waals surface area contributed by atoms with Gasteiger partial charge in [0.05, 0.1) is 17.1 Å². The fourth-order valence-electron chi connectivity index (χ4n) is 2.26. The van der Waals surface area contributed by atoms with Gasteiger partial charge in [-0.2, -0.15) is 0 Å². The zero-order chi connectivity index (χ0) is 13.9. The van der Waals surface area contributed by atoms with E-state index in [0.29, 0.717) is 12.0 Å². The predicted molar refractivity (Wildman–Crippen MR) is 78.0 cm³/mol. The van der Waals surface area contributed by atoms with Crippen molar-refractivity contribution in [2.45, 2.75) is 19.1 Å². The predicted octanol–water partition coefficient (Wildman–Crippen LogP) is 3.27. The molecule has 0 fully saturated rings. The number of halogens is 1. The van der Waals surface area contributed by atoms with Gasteiger partial charge >= 0.3 is 0 Å². The van der Waals surface area contributed by atoms with Crippen LogP contribution in [0, 0.1) is 0 Å². The molecule has 20 heavy (non-hydrogen) atoms. The van der Waals surface area contributed by atoms with Gasteiger partial charge in [0.15, 0.2) is 0 Å². The van der Waals surface area contributed by atoms with Crippen LogP contribution in [-0.4, -0.2) is 9.97 Å². The molecule has 1 atom stereocenters. The van der Waals surface area contributed by atoms with Crippen LogP contribution in [0.15, 0.2) is 48.5 Å². The minimum Gasteiger partial charge on any atom is -0.341 e. The second-order valence-corrected chi connectivity index (χ2v) is 4.90. The smallest absolute Gasteiger partial charge is 0.124 e. The van der Waals surface area contributed by atoms with Gasteiger partial charge in [0.2, 0.25) is 0 Å². The monoisotopic (exact) mass is 269 g/mol. The maximum absolute atomic E-state index is 12.5. The first-order valence-electron chi connectivity index (χ1n) is 6.60. The molecule has 0 aliphatic heterocycles. The van der Waals surface area contributed by atoms with E-state index in [2.05, 4.69) is 9.97 Å². The number of imidazole rings is 1. The van der Waals surface area contributed by atoms with Gasteiger partial charge in [0.25, 0.3) is 0 Å². The van der Waals surface area contributed by atoms with Gasteiger partial charge in [0, 0.05) is 0 Å². The number of aromatic nitrogens is 2. The van der Waals surface area contributed by atoms with Crippen LogP contribution < -0.4 is 5.73 Å². The number of benzene rings is 2. The minimum absolute atomic E-state index is 0.196. The summed E-state index contributed by atoms with van der Waals surface area (Å²) in [6, 6.07) is 15.1. The van der Waals surface area contributed by atoms with E-state index < -0.39 is 6.67 Å². The Morgan fingerprint density at radius 1 is 1.05 bits per heavy atom. The van der Waals surface area contributed by atoms with Crippen LogP contribution in [0.1, 0.15) is 23.0 Å². The lowest BCUT2D eigenvalue weighted by Crippen LogP contribution is -2.14. The summed E-state index contributed by atoms with van der Waals surface area (Å²) < 4.78 is 12.5. The van der Waals surface area contributed by atoms with Gasteiger partial charge in [-0.25, -0.2) is 9.37 Å². The SMILES string of the molecule is N[C@H](Cc1ccc(CF)cc1)c1nc2ccccc2[nH]1. The second-order valence-electron chi connectivity index (χ2n) is 4.90. The van der Waals surface area contributed by atoms with Crippen molar-refractivity contribution >= 4 is 11.0 Å². The van der Waals surface area contributed by atoms with Crippen molar-refractivity contribution in [3.05, 3.63) is 65.5 Å². The van der Waals surface area contributed by atoms with E-state index in [0.717, 1.165) is 22.4 Å². The van der Waals surface area contributed by atoms with Crippen molar-refractivity contribution in [2.24, 2.45) is 5.73 Å². The van der Waals surface area contributed by atoms with Crippen LogP contribution in [0.4, 0.5) is 4.39 Å². The van der Waals surface area contributed by atoms with E-state index in [-0.39, 0.29) is 6.04 Å². The number of para-hydroxylation sites is 2. The molecule has 3 aromatic rings. The number of nitrogens with one attached hydrogen (secondary N) is 1. The summed E-state index contributed by atoms with van der Waals surface area (Å²) in [6.45, 7) is -0.435. The van der Waals surface area contributed by atoms with Crippen LogP contribution in [0.2, 0.25) is 0 Å². The molecule has 0 aliphatic rings. The third-order valence-electron chi connectivity index (χ3n) is 3.39. The van der Waals surface area contributed by atoms with Gasteiger partial charge in [-0.05, 0) is 29.7 Å². The van der Waals surface area contributed by atoms with Gasteiger partial charge in [-0.15, -0.1) is 0 Å². The maximum atomic E-state index is 12.5. The Balaban J connectivity index is 1.79. The lowest BCUT2D eigenvalue weighted by atomic mass is 10.0. The molecule has 0 bridgehead atoms. The summed E-state index contributed by atoms with van der Waals surface area (Å²) in [4.78, 5) is 7.74. The van der Waals surface area contributed by atoms with Gasteiger partial charge in [-0.1, -0.05) is 36.4 Å². The summed E-state index contributed by atoms with van der Waals surface area (Å²) in [7, 11) is 0. The van der Waals surface area contributed by atoms with Crippen molar-refractivity contribution in [1.82, 2.24) is 9.97 Å². The molecule has 0 amide bonds. The fraction of sp³-hybridized carbons (Fsp3) is 0.188. The number of fused-ring (bicyclic) bond motifs is 1. The van der Waals surface area contributed by atoms with Crippen molar-refractivity contribution in [1.29, 1.82) is 0 Å². The summed E-state index contributed by atoms with van der Waals surface area (Å²) in [6.07, 6.45) is 0.673. The Morgan fingerprint density at radius 3 is 2.45 bits per heavy atom. The number of aromatic amines is 1. The van der Waals surface area contributed by atoms with Crippen LogP contribution in [0.3, 0.4) is 0 Å². The highest BCUT2D eigenvalue weighted by molar-refractivity contribution is 5.74. The lowest BCUT2D eigenvalue weighted by Gasteiger charge is -2.09. The van der Waals surface area contributed by atoms with Crippen LogP contribution in [0.25, 0.3) is 11.0 Å². The van der Waals surface area contributed by atoms with E-state index in [4.69, 9.17) is 5.73 Å². The summed E-state index contributed by atoms with van der Waals surface area (Å²) in [5, 5.41) is 0. The molecule has 3 rings (SSSR count). The van der Waals surface area contributed by atoms with E-state index in [1.165, 1.54) is 0 Å². The zero-order valence-electron chi connectivity index (χ0n) is 11.0. The molecule has 0 saturated carbocycles. The summed E-state index contributed by atoms with van der Waals surface area (Å²) in [5.41, 5.74) is 9.87. The van der Waals surface area contributed by atoms with Gasteiger partial charge < -0.3 is 10.7 Å². The first-order valence-corrected chi connectivity index (χ1v) is 6.60. The fourth-order valence-corrected chi connectivity index (χ4v) is 2.26. The quantitative estimate of drug-likeness (QED) is 0.763. The third-order valence-corrected chi connectivity index (χ3v) is 3.39.